The second-order valence-electron chi connectivity index (χ2n) is 3.10. The number of hydrogen-bond donors (Lipinski definition) is 0. The molecule has 78 valence electrons. The summed E-state index contributed by atoms with van der Waals surface area (Å²) in [6.45, 7) is 6.52. The second-order valence-corrected chi connectivity index (χ2v) is 11.7. The van der Waals surface area contributed by atoms with Gasteiger partial charge in [-0.3, -0.25) is 0 Å². The van der Waals surface area contributed by atoms with Crippen LogP contribution in [0, 0.1) is 0 Å². The van der Waals surface area contributed by atoms with Crippen molar-refractivity contribution in [2.24, 2.45) is 0 Å². The predicted molar refractivity (Wildman–Crippen MR) is 57.1 cm³/mol. The molecule has 0 saturated heterocycles. The summed E-state index contributed by atoms with van der Waals surface area (Å²) in [4.78, 5) is 8.25. The van der Waals surface area contributed by atoms with Gasteiger partial charge in [-0.2, -0.15) is 0 Å². The molecule has 0 unspecified atom stereocenters. The Morgan fingerprint density at radius 1 is 1.00 bits per heavy atom. The Morgan fingerprint density at radius 2 is 1.23 bits per heavy atom. The van der Waals surface area contributed by atoms with Crippen molar-refractivity contribution in [1.29, 1.82) is 0 Å². The third kappa shape index (κ3) is 15.1. The summed E-state index contributed by atoms with van der Waals surface area (Å²) in [5.74, 6) is 0. The fraction of sp³-hybridized carbons (Fsp3) is 0.900. The third-order valence-corrected chi connectivity index (χ3v) is 12.1. The smallest absolute Gasteiger partial charge is 0.0275 e. The number of carboxylic acid groups (broad SMARTS) is 1. The predicted octanol–water partition coefficient (Wildman–Crippen LogP) is 2.08. The average Bonchev–Trinajstić information content (AvgIpc) is 2.07. The van der Waals surface area contributed by atoms with Crippen LogP contribution in [0.4, 0.5) is 0 Å². The minimum Gasteiger partial charge on any atom is -0.554 e. The van der Waals surface area contributed by atoms with Crippen LogP contribution in [0.3, 0.4) is 0 Å². The molecule has 0 aromatic heterocycles. The van der Waals surface area contributed by atoms with Gasteiger partial charge in [-0.05, 0) is 0 Å². The first-order valence-electron chi connectivity index (χ1n) is 5.15. The summed E-state index contributed by atoms with van der Waals surface area (Å²) in [5, 5.41) is 8.25. The van der Waals surface area contributed by atoms with Crippen molar-refractivity contribution in [3.8, 4) is 0 Å². The number of carbonyl (C=O) groups excluding carboxylic acids is 1. The molecule has 13 heavy (non-hydrogen) atoms. The van der Waals surface area contributed by atoms with E-state index in [0.717, 1.165) is 0 Å². The topological polar surface area (TPSA) is 40.1 Å². The molecule has 0 heterocycles. The molecule has 0 aromatic carbocycles. The van der Waals surface area contributed by atoms with E-state index in [1.807, 2.05) is 0 Å². The fourth-order valence-corrected chi connectivity index (χ4v) is 9.63. The fourth-order valence-electron chi connectivity index (χ4n) is 1.44. The van der Waals surface area contributed by atoms with Crippen LogP contribution in [0.1, 0.15) is 40.0 Å². The SMILES string of the molecule is CC[CH2][Sn+]([CH2]CC)[CH2]CC.O=C[O-]. The van der Waals surface area contributed by atoms with Crippen LogP contribution in [-0.2, 0) is 4.79 Å². The van der Waals surface area contributed by atoms with Crippen LogP contribution in [0.5, 0.6) is 0 Å². The summed E-state index contributed by atoms with van der Waals surface area (Å²) in [6.07, 6.45) is 4.36. The van der Waals surface area contributed by atoms with Gasteiger partial charge >= 0.3 is 73.1 Å². The molecule has 0 aliphatic carbocycles. The van der Waals surface area contributed by atoms with Crippen molar-refractivity contribution in [2.45, 2.75) is 53.3 Å². The van der Waals surface area contributed by atoms with Crippen molar-refractivity contribution in [3.05, 3.63) is 0 Å². The maximum absolute atomic E-state index is 8.25. The van der Waals surface area contributed by atoms with Gasteiger partial charge in [0.05, 0.1) is 0 Å². The molecular weight excluding hydrogens is 271 g/mol. The van der Waals surface area contributed by atoms with Crippen LogP contribution in [0.15, 0.2) is 0 Å². The Kier molecular flexibility index (Phi) is 17.9. The van der Waals surface area contributed by atoms with E-state index in [-0.39, 0.29) is 0 Å². The minimum absolute atomic E-state index is 0.500. The van der Waals surface area contributed by atoms with Crippen molar-refractivity contribution in [3.63, 3.8) is 0 Å². The largest absolute Gasteiger partial charge is 0.554 e. The van der Waals surface area contributed by atoms with Gasteiger partial charge in [0.15, 0.2) is 0 Å². The van der Waals surface area contributed by atoms with Crippen LogP contribution in [-0.4, -0.2) is 26.2 Å². The molecule has 3 heteroatoms. The van der Waals surface area contributed by atoms with Gasteiger partial charge in [0.1, 0.15) is 0 Å². The van der Waals surface area contributed by atoms with Gasteiger partial charge < -0.3 is 9.90 Å². The summed E-state index contributed by atoms with van der Waals surface area (Å²) in [5.41, 5.74) is 0. The first-order valence-corrected chi connectivity index (χ1v) is 11.2. The Morgan fingerprint density at radius 3 is 1.38 bits per heavy atom. The van der Waals surface area contributed by atoms with E-state index in [2.05, 4.69) is 20.8 Å². The molecule has 0 spiro atoms. The molecule has 0 amide bonds. The van der Waals surface area contributed by atoms with Gasteiger partial charge in [0.2, 0.25) is 0 Å². The zero-order valence-electron chi connectivity index (χ0n) is 9.14. The summed E-state index contributed by atoms with van der Waals surface area (Å²) >= 11 is -0.759. The van der Waals surface area contributed by atoms with Gasteiger partial charge in [0.25, 0.3) is 0 Å². The quantitative estimate of drug-likeness (QED) is 0.555. The Hall–Kier alpha value is 0.269. The molecule has 0 rings (SSSR count). The molecule has 0 saturated carbocycles. The van der Waals surface area contributed by atoms with E-state index in [1.165, 1.54) is 19.3 Å². The molecule has 0 aliphatic heterocycles. The van der Waals surface area contributed by atoms with Crippen molar-refractivity contribution in [2.75, 3.05) is 0 Å². The second kappa shape index (κ2) is 14.8. The maximum atomic E-state index is 8.25. The summed E-state index contributed by atoms with van der Waals surface area (Å²) in [6, 6.07) is 0. The Balaban J connectivity index is 0. The minimum atomic E-state index is -0.759. The average molecular weight is 293 g/mol. The van der Waals surface area contributed by atoms with Crippen molar-refractivity contribution in [1.82, 2.24) is 0 Å². The standard InChI is InChI=1S/3C3H7.CH2O2.Sn/c3*1-3-2;2-1-3;/h3*1,3H2,2H3;1H,(H,2,3);/q;;;;+1/p-1. The molecule has 0 fully saturated rings. The number of carbonyl (C=O) groups is 1. The first-order chi connectivity index (χ1) is 6.26. The van der Waals surface area contributed by atoms with E-state index in [9.17, 15) is 0 Å². The molecule has 0 N–H and O–H groups in total. The van der Waals surface area contributed by atoms with Crippen LogP contribution in [0.2, 0.25) is 13.3 Å². The molecule has 0 radical (unpaired) electrons. The number of hydrogen-bond acceptors (Lipinski definition) is 2. The van der Waals surface area contributed by atoms with Gasteiger partial charge in [-0.25, -0.2) is 0 Å². The first kappa shape index (κ1) is 15.7. The van der Waals surface area contributed by atoms with E-state index in [4.69, 9.17) is 9.90 Å². The summed E-state index contributed by atoms with van der Waals surface area (Å²) < 4.78 is 4.93. The Labute approximate surface area is 89.5 Å². The van der Waals surface area contributed by atoms with Crippen LogP contribution >= 0.6 is 0 Å². The normalized spacial score (nSPS) is 8.54. The van der Waals surface area contributed by atoms with Crippen molar-refractivity contribution >= 4 is 26.2 Å². The zero-order valence-corrected chi connectivity index (χ0v) is 12.0. The van der Waals surface area contributed by atoms with Gasteiger partial charge in [-0.15, -0.1) is 0 Å². The molecule has 2 nitrogen and oxygen atoms in total. The van der Waals surface area contributed by atoms with Crippen molar-refractivity contribution < 1.29 is 9.90 Å². The van der Waals surface area contributed by atoms with Gasteiger partial charge in [-0.1, -0.05) is 0 Å². The zero-order chi connectivity index (χ0) is 10.5. The van der Waals surface area contributed by atoms with Crippen LogP contribution in [0.25, 0.3) is 0 Å². The molecule has 0 atom stereocenters. The van der Waals surface area contributed by atoms with E-state index in [0.29, 0.717) is 0 Å². The molecule has 0 aromatic rings. The Bertz CT molecular complexity index is 82.7. The third-order valence-electron chi connectivity index (χ3n) is 1.81. The van der Waals surface area contributed by atoms with E-state index < -0.39 is 26.2 Å². The van der Waals surface area contributed by atoms with Gasteiger partial charge in [0, 0.05) is 6.47 Å². The molecular formula is C10H22O2Sn. The van der Waals surface area contributed by atoms with Crippen LogP contribution < -0.4 is 5.11 Å². The summed E-state index contributed by atoms with van der Waals surface area (Å²) in [7, 11) is 0. The van der Waals surface area contributed by atoms with E-state index in [1.54, 1.807) is 13.3 Å². The molecule has 0 bridgehead atoms. The monoisotopic (exact) mass is 294 g/mol. The molecule has 0 aliphatic rings. The maximum Gasteiger partial charge on any atom is 0.0275 e. The van der Waals surface area contributed by atoms with E-state index >= 15 is 0 Å². The number of rotatable bonds is 6.